The van der Waals surface area contributed by atoms with E-state index in [0.717, 1.165) is 6.42 Å². The Balaban J connectivity index is 1.74. The second-order valence-corrected chi connectivity index (χ2v) is 5.20. The first-order valence-corrected chi connectivity index (χ1v) is 7.03. The standard InChI is InChI=1S/C14H20N4O2/c1-3-5-7-14(15-16-14)8-6-13(20)18-10-9-17(11-18)12(19)4-2/h1H,4-11H2,2H3. The van der Waals surface area contributed by atoms with Gasteiger partial charge in [-0.15, -0.1) is 12.3 Å². The van der Waals surface area contributed by atoms with Gasteiger partial charge >= 0.3 is 0 Å². The van der Waals surface area contributed by atoms with Crippen LogP contribution < -0.4 is 0 Å². The molecule has 0 aromatic heterocycles. The molecule has 0 N–H and O–H groups in total. The van der Waals surface area contributed by atoms with Crippen LogP contribution >= 0.6 is 0 Å². The molecule has 1 fully saturated rings. The minimum absolute atomic E-state index is 0.0637. The van der Waals surface area contributed by atoms with Gasteiger partial charge in [0.25, 0.3) is 0 Å². The van der Waals surface area contributed by atoms with E-state index in [9.17, 15) is 9.59 Å². The van der Waals surface area contributed by atoms with Crippen molar-refractivity contribution in [3.8, 4) is 12.3 Å². The molecule has 6 nitrogen and oxygen atoms in total. The van der Waals surface area contributed by atoms with E-state index < -0.39 is 5.66 Å². The van der Waals surface area contributed by atoms with Crippen molar-refractivity contribution in [1.82, 2.24) is 9.80 Å². The van der Waals surface area contributed by atoms with Crippen LogP contribution in [0, 0.1) is 12.3 Å². The highest BCUT2D eigenvalue weighted by atomic mass is 16.2. The largest absolute Gasteiger partial charge is 0.323 e. The predicted octanol–water partition coefficient (Wildman–Crippen LogP) is 1.38. The quantitative estimate of drug-likeness (QED) is 0.688. The summed E-state index contributed by atoms with van der Waals surface area (Å²) in [6.07, 6.45) is 8.08. The Hall–Kier alpha value is -1.90. The molecule has 2 aliphatic heterocycles. The first-order valence-electron chi connectivity index (χ1n) is 7.03. The van der Waals surface area contributed by atoms with E-state index in [-0.39, 0.29) is 11.8 Å². The van der Waals surface area contributed by atoms with Gasteiger partial charge in [0.2, 0.25) is 11.8 Å². The Morgan fingerprint density at radius 1 is 1.20 bits per heavy atom. The summed E-state index contributed by atoms with van der Waals surface area (Å²) >= 11 is 0. The van der Waals surface area contributed by atoms with Gasteiger partial charge in [-0.05, 0) is 0 Å². The smallest absolute Gasteiger partial charge is 0.224 e. The topological polar surface area (TPSA) is 65.3 Å². The fourth-order valence-electron chi connectivity index (χ4n) is 2.35. The molecule has 0 saturated carbocycles. The highest BCUT2D eigenvalue weighted by molar-refractivity contribution is 5.79. The van der Waals surface area contributed by atoms with E-state index >= 15 is 0 Å². The van der Waals surface area contributed by atoms with Crippen molar-refractivity contribution in [3.63, 3.8) is 0 Å². The number of carbonyl (C=O) groups excluding carboxylic acids is 2. The summed E-state index contributed by atoms with van der Waals surface area (Å²) in [5.74, 6) is 2.73. The highest BCUT2D eigenvalue weighted by Crippen LogP contribution is 2.37. The van der Waals surface area contributed by atoms with Crippen LogP contribution in [0.3, 0.4) is 0 Å². The maximum atomic E-state index is 12.1. The van der Waals surface area contributed by atoms with Crippen molar-refractivity contribution >= 4 is 11.8 Å². The lowest BCUT2D eigenvalue weighted by Crippen LogP contribution is -2.34. The summed E-state index contributed by atoms with van der Waals surface area (Å²) in [4.78, 5) is 27.1. The van der Waals surface area contributed by atoms with E-state index in [1.54, 1.807) is 9.80 Å². The number of nitrogens with zero attached hydrogens (tertiary/aromatic N) is 4. The Morgan fingerprint density at radius 2 is 1.85 bits per heavy atom. The first-order chi connectivity index (χ1) is 9.60. The highest BCUT2D eigenvalue weighted by Gasteiger charge is 2.40. The SMILES string of the molecule is C#CCCC1(CCC(=O)N2CCN(C(=O)CC)C2)N=N1. The second kappa shape index (κ2) is 6.04. The number of terminal acetylenes is 1. The average molecular weight is 276 g/mol. The molecular formula is C14H20N4O2. The molecule has 6 heteroatoms. The fraction of sp³-hybridized carbons (Fsp3) is 0.714. The first kappa shape index (κ1) is 14.5. The molecule has 0 aromatic carbocycles. The Kier molecular flexibility index (Phi) is 4.38. The molecule has 2 rings (SSSR count). The zero-order chi connectivity index (χ0) is 14.6. The van der Waals surface area contributed by atoms with Crippen molar-refractivity contribution in [2.24, 2.45) is 10.2 Å². The van der Waals surface area contributed by atoms with Gasteiger partial charge in [-0.1, -0.05) is 6.92 Å². The van der Waals surface area contributed by atoms with Crippen LogP contribution in [0.5, 0.6) is 0 Å². The average Bonchev–Trinajstić information content (AvgIpc) is 3.06. The van der Waals surface area contributed by atoms with Gasteiger partial charge in [0.1, 0.15) is 0 Å². The molecule has 0 aliphatic carbocycles. The van der Waals surface area contributed by atoms with Gasteiger partial charge < -0.3 is 9.80 Å². The molecule has 0 spiro atoms. The third-order valence-electron chi connectivity index (χ3n) is 3.78. The van der Waals surface area contributed by atoms with Gasteiger partial charge in [-0.25, -0.2) is 0 Å². The van der Waals surface area contributed by atoms with E-state index in [1.165, 1.54) is 0 Å². The Labute approximate surface area is 119 Å². The predicted molar refractivity (Wildman–Crippen MR) is 73.5 cm³/mol. The third-order valence-corrected chi connectivity index (χ3v) is 3.78. The number of carbonyl (C=O) groups is 2. The summed E-state index contributed by atoms with van der Waals surface area (Å²) in [7, 11) is 0. The van der Waals surface area contributed by atoms with E-state index in [2.05, 4.69) is 16.1 Å². The molecule has 0 aromatic rings. The fourth-order valence-corrected chi connectivity index (χ4v) is 2.35. The monoisotopic (exact) mass is 276 g/mol. The van der Waals surface area contributed by atoms with Crippen LogP contribution in [-0.4, -0.2) is 47.0 Å². The van der Waals surface area contributed by atoms with Crippen LogP contribution in [0.25, 0.3) is 0 Å². The summed E-state index contributed by atoms with van der Waals surface area (Å²) in [6.45, 7) is 3.50. The molecule has 108 valence electrons. The summed E-state index contributed by atoms with van der Waals surface area (Å²) < 4.78 is 0. The minimum Gasteiger partial charge on any atom is -0.323 e. The van der Waals surface area contributed by atoms with Gasteiger partial charge in [0.15, 0.2) is 5.66 Å². The number of rotatable bonds is 6. The molecular weight excluding hydrogens is 256 g/mol. The van der Waals surface area contributed by atoms with Crippen molar-refractivity contribution < 1.29 is 9.59 Å². The number of amides is 2. The molecule has 20 heavy (non-hydrogen) atoms. The van der Waals surface area contributed by atoms with Crippen LogP contribution in [0.2, 0.25) is 0 Å². The van der Waals surface area contributed by atoms with Crippen molar-refractivity contribution in [1.29, 1.82) is 0 Å². The molecule has 2 amide bonds. The maximum absolute atomic E-state index is 12.1. The Bertz CT molecular complexity index is 460. The summed E-state index contributed by atoms with van der Waals surface area (Å²) in [6, 6.07) is 0. The lowest BCUT2D eigenvalue weighted by molar-refractivity contribution is -0.134. The maximum Gasteiger partial charge on any atom is 0.224 e. The lowest BCUT2D eigenvalue weighted by Gasteiger charge is -2.18. The van der Waals surface area contributed by atoms with Crippen LogP contribution in [-0.2, 0) is 9.59 Å². The molecule has 2 heterocycles. The molecule has 0 radical (unpaired) electrons. The summed E-state index contributed by atoms with van der Waals surface area (Å²) in [5.41, 5.74) is -0.402. The van der Waals surface area contributed by atoms with E-state index in [0.29, 0.717) is 45.4 Å². The molecule has 0 atom stereocenters. The lowest BCUT2D eigenvalue weighted by atomic mass is 10.0. The van der Waals surface area contributed by atoms with Crippen LogP contribution in [0.4, 0.5) is 0 Å². The van der Waals surface area contributed by atoms with E-state index in [4.69, 9.17) is 6.42 Å². The molecule has 1 saturated heterocycles. The zero-order valence-electron chi connectivity index (χ0n) is 11.8. The van der Waals surface area contributed by atoms with Crippen LogP contribution in [0.1, 0.15) is 39.0 Å². The molecule has 0 unspecified atom stereocenters. The minimum atomic E-state index is -0.402. The van der Waals surface area contributed by atoms with Crippen molar-refractivity contribution in [3.05, 3.63) is 0 Å². The number of hydrogen-bond donors (Lipinski definition) is 0. The van der Waals surface area contributed by atoms with E-state index in [1.807, 2.05) is 6.92 Å². The van der Waals surface area contributed by atoms with Gasteiger partial charge in [0, 0.05) is 45.2 Å². The normalized spacial score (nSPS) is 19.0. The van der Waals surface area contributed by atoms with Gasteiger partial charge in [0.05, 0.1) is 6.67 Å². The summed E-state index contributed by atoms with van der Waals surface area (Å²) in [5, 5.41) is 8.04. The number of hydrogen-bond acceptors (Lipinski definition) is 4. The Morgan fingerprint density at radius 3 is 2.40 bits per heavy atom. The molecule has 0 bridgehead atoms. The van der Waals surface area contributed by atoms with Gasteiger partial charge in [-0.2, -0.15) is 10.2 Å². The third kappa shape index (κ3) is 3.35. The van der Waals surface area contributed by atoms with Crippen LogP contribution in [0.15, 0.2) is 10.2 Å². The second-order valence-electron chi connectivity index (χ2n) is 5.20. The van der Waals surface area contributed by atoms with Gasteiger partial charge in [-0.3, -0.25) is 9.59 Å². The molecule has 2 aliphatic rings. The van der Waals surface area contributed by atoms with Crippen molar-refractivity contribution in [2.45, 2.75) is 44.7 Å². The van der Waals surface area contributed by atoms with Crippen molar-refractivity contribution in [2.75, 3.05) is 19.8 Å². The zero-order valence-corrected chi connectivity index (χ0v) is 11.8.